The molecule has 1 aromatic heterocycles. The molecule has 1 saturated heterocycles. The minimum absolute atomic E-state index is 0.152. The number of halogens is 2. The first-order valence-corrected chi connectivity index (χ1v) is 9.80. The van der Waals surface area contributed by atoms with Crippen LogP contribution in [0.4, 0.5) is 10.1 Å². The van der Waals surface area contributed by atoms with E-state index < -0.39 is 17.3 Å². The number of aromatic carboxylic acids is 1. The van der Waals surface area contributed by atoms with Crippen LogP contribution in [0.15, 0.2) is 27.5 Å². The van der Waals surface area contributed by atoms with E-state index in [1.165, 1.54) is 16.7 Å². The van der Waals surface area contributed by atoms with E-state index in [0.717, 1.165) is 5.57 Å². The average molecular weight is 422 g/mol. The number of anilines is 1. The number of hydrogen-bond donors (Lipinski definition) is 2. The van der Waals surface area contributed by atoms with Crippen molar-refractivity contribution in [3.63, 3.8) is 0 Å². The predicted octanol–water partition coefficient (Wildman–Crippen LogP) is 2.84. The van der Waals surface area contributed by atoms with E-state index in [1.54, 1.807) is 6.92 Å². The Morgan fingerprint density at radius 2 is 2.07 bits per heavy atom. The molecule has 0 aliphatic carbocycles. The summed E-state index contributed by atoms with van der Waals surface area (Å²) in [7, 11) is 0. The Morgan fingerprint density at radius 1 is 1.38 bits per heavy atom. The summed E-state index contributed by atoms with van der Waals surface area (Å²) in [5.74, 6) is -1.57. The van der Waals surface area contributed by atoms with E-state index >= 15 is 4.39 Å². The van der Waals surface area contributed by atoms with Crippen molar-refractivity contribution >= 4 is 34.2 Å². The second kappa shape index (κ2) is 7.35. The summed E-state index contributed by atoms with van der Waals surface area (Å²) in [5.41, 5.74) is 6.40. The lowest BCUT2D eigenvalue weighted by Crippen LogP contribution is -2.36. The SMILES string of the molecule is C[C@H]1COc2c(N3CCC(=C(Cl)CN)CC3)c(F)cc3cc(C(=O)O)c(=O)n1c23. The second-order valence-electron chi connectivity index (χ2n) is 7.37. The molecule has 0 bridgehead atoms. The molecule has 1 atom stereocenters. The van der Waals surface area contributed by atoms with Crippen molar-refractivity contribution in [1.82, 2.24) is 4.57 Å². The van der Waals surface area contributed by atoms with Crippen molar-refractivity contribution in [3.05, 3.63) is 44.5 Å². The maximum absolute atomic E-state index is 15.1. The number of carbonyl (C=O) groups is 1. The number of nitrogens with zero attached hydrogens (tertiary/aromatic N) is 2. The van der Waals surface area contributed by atoms with Gasteiger partial charge in [0, 0.05) is 30.1 Å². The highest BCUT2D eigenvalue weighted by Gasteiger charge is 2.31. The standard InChI is InChI=1S/C20H21ClFN3O4/c1-10-9-29-18-16-12(6-13(20(27)28)19(26)25(10)16)7-15(22)17(18)24-4-2-11(3-5-24)14(21)8-23/h6-7,10H,2-5,8-9,23H2,1H3,(H,27,28)/t10-/m0/s1. The van der Waals surface area contributed by atoms with Crippen molar-refractivity contribution in [2.75, 3.05) is 31.1 Å². The summed E-state index contributed by atoms with van der Waals surface area (Å²) in [5, 5.41) is 10.3. The first kappa shape index (κ1) is 19.7. The van der Waals surface area contributed by atoms with Gasteiger partial charge in [-0.3, -0.25) is 9.36 Å². The molecule has 4 rings (SSSR count). The number of rotatable bonds is 3. The summed E-state index contributed by atoms with van der Waals surface area (Å²) in [6.07, 6.45) is 1.32. The number of benzene rings is 1. The van der Waals surface area contributed by atoms with Crippen LogP contribution in [-0.4, -0.2) is 41.9 Å². The number of piperidine rings is 1. The van der Waals surface area contributed by atoms with Gasteiger partial charge in [-0.1, -0.05) is 17.2 Å². The zero-order valence-electron chi connectivity index (χ0n) is 15.9. The maximum Gasteiger partial charge on any atom is 0.341 e. The van der Waals surface area contributed by atoms with Gasteiger partial charge in [0.15, 0.2) is 11.6 Å². The van der Waals surface area contributed by atoms with Crippen LogP contribution >= 0.6 is 11.6 Å². The summed E-state index contributed by atoms with van der Waals surface area (Å²) in [6.45, 7) is 3.28. The third-order valence-electron chi connectivity index (χ3n) is 5.59. The predicted molar refractivity (Wildman–Crippen MR) is 109 cm³/mol. The Morgan fingerprint density at radius 3 is 2.69 bits per heavy atom. The fourth-order valence-corrected chi connectivity index (χ4v) is 4.32. The van der Waals surface area contributed by atoms with E-state index in [1.807, 2.05) is 4.90 Å². The molecule has 0 saturated carbocycles. The van der Waals surface area contributed by atoms with Crippen LogP contribution in [0.5, 0.6) is 5.75 Å². The van der Waals surface area contributed by atoms with Gasteiger partial charge in [-0.05, 0) is 31.9 Å². The van der Waals surface area contributed by atoms with Gasteiger partial charge >= 0.3 is 5.97 Å². The van der Waals surface area contributed by atoms with Crippen molar-refractivity contribution in [2.24, 2.45) is 5.73 Å². The van der Waals surface area contributed by atoms with E-state index in [4.69, 9.17) is 22.1 Å². The molecule has 7 nitrogen and oxygen atoms in total. The summed E-state index contributed by atoms with van der Waals surface area (Å²) >= 11 is 6.16. The van der Waals surface area contributed by atoms with Crippen molar-refractivity contribution in [3.8, 4) is 5.75 Å². The van der Waals surface area contributed by atoms with Crippen LogP contribution in [0.25, 0.3) is 10.9 Å². The van der Waals surface area contributed by atoms with E-state index in [9.17, 15) is 14.7 Å². The van der Waals surface area contributed by atoms with Crippen LogP contribution in [0.2, 0.25) is 0 Å². The normalized spacial score (nSPS) is 18.7. The summed E-state index contributed by atoms with van der Waals surface area (Å²) in [4.78, 5) is 26.1. The molecule has 1 aromatic carbocycles. The number of aromatic nitrogens is 1. The second-order valence-corrected chi connectivity index (χ2v) is 7.83. The lowest BCUT2D eigenvalue weighted by Gasteiger charge is -2.35. The molecule has 3 N–H and O–H groups in total. The van der Waals surface area contributed by atoms with E-state index in [0.29, 0.717) is 47.6 Å². The Balaban J connectivity index is 1.88. The van der Waals surface area contributed by atoms with Crippen molar-refractivity contribution in [2.45, 2.75) is 25.8 Å². The first-order chi connectivity index (χ1) is 13.8. The quantitative estimate of drug-likeness (QED) is 0.790. The molecule has 1 fully saturated rings. The summed E-state index contributed by atoms with van der Waals surface area (Å²) in [6, 6.07) is 2.12. The summed E-state index contributed by atoms with van der Waals surface area (Å²) < 4.78 is 22.4. The lowest BCUT2D eigenvalue weighted by atomic mass is 10.0. The number of carboxylic acids is 1. The van der Waals surface area contributed by atoms with Crippen molar-refractivity contribution in [1.29, 1.82) is 0 Å². The molecule has 9 heteroatoms. The molecule has 0 unspecified atom stereocenters. The average Bonchev–Trinajstić information content (AvgIpc) is 2.70. The van der Waals surface area contributed by atoms with Gasteiger partial charge in [0.1, 0.15) is 17.9 Å². The van der Waals surface area contributed by atoms with Gasteiger partial charge in [-0.2, -0.15) is 0 Å². The Bertz CT molecular complexity index is 1100. The Labute approximate surface area is 171 Å². The molecular formula is C20H21ClFN3O4. The van der Waals surface area contributed by atoms with Crippen LogP contribution in [0.1, 0.15) is 36.2 Å². The van der Waals surface area contributed by atoms with Gasteiger partial charge in [-0.15, -0.1) is 0 Å². The van der Waals surface area contributed by atoms with Crippen molar-refractivity contribution < 1.29 is 19.0 Å². The smallest absolute Gasteiger partial charge is 0.341 e. The number of ether oxygens (including phenoxy) is 1. The number of hydrogen-bond acceptors (Lipinski definition) is 5. The van der Waals surface area contributed by atoms with Gasteiger partial charge in [0.25, 0.3) is 5.56 Å². The highest BCUT2D eigenvalue weighted by Crippen LogP contribution is 2.43. The molecule has 154 valence electrons. The Kier molecular flexibility index (Phi) is 5.00. The monoisotopic (exact) mass is 421 g/mol. The zero-order chi connectivity index (χ0) is 20.9. The fourth-order valence-electron chi connectivity index (χ4n) is 4.13. The fraction of sp³-hybridized carbons (Fsp3) is 0.400. The number of pyridine rings is 1. The highest BCUT2D eigenvalue weighted by molar-refractivity contribution is 6.30. The maximum atomic E-state index is 15.1. The topological polar surface area (TPSA) is 97.8 Å². The third-order valence-corrected chi connectivity index (χ3v) is 6.01. The van der Waals surface area contributed by atoms with Crippen LogP contribution in [0, 0.1) is 5.82 Å². The van der Waals surface area contributed by atoms with E-state index in [-0.39, 0.29) is 30.5 Å². The van der Waals surface area contributed by atoms with Gasteiger partial charge < -0.3 is 20.5 Å². The van der Waals surface area contributed by atoms with Gasteiger partial charge in [-0.25, -0.2) is 9.18 Å². The highest BCUT2D eigenvalue weighted by atomic mass is 35.5. The molecule has 2 aliphatic heterocycles. The third kappa shape index (κ3) is 3.16. The van der Waals surface area contributed by atoms with Gasteiger partial charge in [0.2, 0.25) is 0 Å². The molecule has 3 heterocycles. The zero-order valence-corrected chi connectivity index (χ0v) is 16.6. The lowest BCUT2D eigenvalue weighted by molar-refractivity contribution is 0.0694. The number of nitrogens with two attached hydrogens (primary N) is 1. The Hall–Kier alpha value is -2.58. The van der Waals surface area contributed by atoms with Crippen LogP contribution < -0.4 is 20.9 Å². The first-order valence-electron chi connectivity index (χ1n) is 9.42. The molecule has 0 radical (unpaired) electrons. The minimum atomic E-state index is -1.34. The molecule has 0 spiro atoms. The minimum Gasteiger partial charge on any atom is -0.487 e. The molecule has 2 aliphatic rings. The molecule has 29 heavy (non-hydrogen) atoms. The molecular weight excluding hydrogens is 401 g/mol. The van der Waals surface area contributed by atoms with E-state index in [2.05, 4.69) is 0 Å². The largest absolute Gasteiger partial charge is 0.487 e. The number of carboxylic acid groups (broad SMARTS) is 1. The molecule has 2 aromatic rings. The molecule has 0 amide bonds. The van der Waals surface area contributed by atoms with Gasteiger partial charge in [0.05, 0.1) is 11.6 Å². The van der Waals surface area contributed by atoms with Crippen LogP contribution in [0.3, 0.4) is 0 Å². The van der Waals surface area contributed by atoms with Crippen LogP contribution in [-0.2, 0) is 0 Å².